The molecule has 6 heteroatoms. The maximum atomic E-state index is 11.8. The van der Waals surface area contributed by atoms with Gasteiger partial charge in [-0.1, -0.05) is 13.8 Å². The summed E-state index contributed by atoms with van der Waals surface area (Å²) in [6.45, 7) is 5.29. The Morgan fingerprint density at radius 2 is 1.94 bits per heavy atom. The topological polar surface area (TPSA) is 81.7 Å². The predicted octanol–water partition coefficient (Wildman–Crippen LogP) is 0.737. The molecule has 106 valence electrons. The number of urea groups is 1. The number of hydrogen-bond acceptors (Lipinski definition) is 3. The molecule has 0 saturated heterocycles. The lowest BCUT2D eigenvalue weighted by Crippen LogP contribution is -2.46. The van der Waals surface area contributed by atoms with Crippen molar-refractivity contribution < 1.29 is 14.7 Å². The first-order valence-corrected chi connectivity index (χ1v) is 6.26. The second-order valence-electron chi connectivity index (χ2n) is 4.78. The Bertz CT molecular complexity index is 269. The van der Waals surface area contributed by atoms with E-state index in [1.807, 2.05) is 20.9 Å². The Morgan fingerprint density at radius 3 is 2.39 bits per heavy atom. The predicted molar refractivity (Wildman–Crippen MR) is 70.6 cm³/mol. The molecule has 0 aliphatic carbocycles. The van der Waals surface area contributed by atoms with Crippen LogP contribution in [0.3, 0.4) is 0 Å². The Hall–Kier alpha value is -1.30. The third-order valence-electron chi connectivity index (χ3n) is 2.78. The molecule has 0 saturated carbocycles. The highest BCUT2D eigenvalue weighted by molar-refractivity contribution is 5.75. The lowest BCUT2D eigenvalue weighted by Gasteiger charge is -2.25. The van der Waals surface area contributed by atoms with Gasteiger partial charge < -0.3 is 20.6 Å². The SMILES string of the molecule is CNCCCN(C)C(=O)NC(CC(=O)O)C(C)C. The minimum absolute atomic E-state index is 0.0479. The van der Waals surface area contributed by atoms with E-state index in [4.69, 9.17) is 5.11 Å². The first-order valence-electron chi connectivity index (χ1n) is 6.26. The molecule has 0 aromatic carbocycles. The van der Waals surface area contributed by atoms with Crippen LogP contribution >= 0.6 is 0 Å². The molecule has 2 amide bonds. The van der Waals surface area contributed by atoms with Crippen LogP contribution in [0.25, 0.3) is 0 Å². The van der Waals surface area contributed by atoms with Gasteiger partial charge in [0.05, 0.1) is 6.42 Å². The third kappa shape index (κ3) is 7.11. The maximum Gasteiger partial charge on any atom is 0.317 e. The summed E-state index contributed by atoms with van der Waals surface area (Å²) in [5.74, 6) is -0.803. The number of amides is 2. The molecule has 3 N–H and O–H groups in total. The molecule has 0 aliphatic heterocycles. The van der Waals surface area contributed by atoms with Crippen LogP contribution in [0.5, 0.6) is 0 Å². The van der Waals surface area contributed by atoms with Crippen molar-refractivity contribution >= 4 is 12.0 Å². The van der Waals surface area contributed by atoms with Crippen molar-refractivity contribution in [3.05, 3.63) is 0 Å². The molecular weight excluding hydrogens is 234 g/mol. The number of nitrogens with zero attached hydrogens (tertiary/aromatic N) is 1. The number of aliphatic carboxylic acids is 1. The zero-order chi connectivity index (χ0) is 14.1. The summed E-state index contributed by atoms with van der Waals surface area (Å²) in [5, 5.41) is 14.6. The van der Waals surface area contributed by atoms with Crippen LogP contribution in [0.4, 0.5) is 4.79 Å². The van der Waals surface area contributed by atoms with Gasteiger partial charge in [0.25, 0.3) is 0 Å². The second-order valence-corrected chi connectivity index (χ2v) is 4.78. The van der Waals surface area contributed by atoms with Crippen molar-refractivity contribution in [3.63, 3.8) is 0 Å². The minimum atomic E-state index is -0.896. The number of nitrogens with one attached hydrogen (secondary N) is 2. The fraction of sp³-hybridized carbons (Fsp3) is 0.833. The average molecular weight is 259 g/mol. The average Bonchev–Trinajstić information content (AvgIpc) is 2.27. The van der Waals surface area contributed by atoms with E-state index in [-0.39, 0.29) is 24.4 Å². The van der Waals surface area contributed by atoms with Crippen molar-refractivity contribution in [1.29, 1.82) is 0 Å². The molecule has 0 bridgehead atoms. The van der Waals surface area contributed by atoms with Crippen LogP contribution in [0.2, 0.25) is 0 Å². The summed E-state index contributed by atoms with van der Waals surface area (Å²) >= 11 is 0. The monoisotopic (exact) mass is 259 g/mol. The Kier molecular flexibility index (Phi) is 8.11. The van der Waals surface area contributed by atoms with Gasteiger partial charge in [0.1, 0.15) is 0 Å². The van der Waals surface area contributed by atoms with Crippen molar-refractivity contribution in [2.24, 2.45) is 5.92 Å². The molecule has 0 spiro atoms. The van der Waals surface area contributed by atoms with Gasteiger partial charge in [0.15, 0.2) is 0 Å². The summed E-state index contributed by atoms with van der Waals surface area (Å²) in [6.07, 6.45) is 0.819. The van der Waals surface area contributed by atoms with E-state index >= 15 is 0 Å². The Balaban J connectivity index is 4.19. The van der Waals surface area contributed by atoms with Crippen molar-refractivity contribution in [2.75, 3.05) is 27.2 Å². The van der Waals surface area contributed by atoms with Crippen LogP contribution in [0, 0.1) is 5.92 Å². The zero-order valence-electron chi connectivity index (χ0n) is 11.7. The standard InChI is InChI=1S/C12H25N3O3/c1-9(2)10(8-11(16)17)14-12(18)15(4)7-5-6-13-3/h9-10,13H,5-8H2,1-4H3,(H,14,18)(H,16,17). The first kappa shape index (κ1) is 16.7. The highest BCUT2D eigenvalue weighted by Crippen LogP contribution is 2.06. The largest absolute Gasteiger partial charge is 0.481 e. The number of carboxylic acid groups (broad SMARTS) is 1. The van der Waals surface area contributed by atoms with Crippen molar-refractivity contribution in [3.8, 4) is 0 Å². The third-order valence-corrected chi connectivity index (χ3v) is 2.78. The van der Waals surface area contributed by atoms with Gasteiger partial charge in [-0.2, -0.15) is 0 Å². The summed E-state index contributed by atoms with van der Waals surface area (Å²) in [4.78, 5) is 24.1. The molecule has 1 atom stereocenters. The molecule has 0 rings (SSSR count). The van der Waals surface area contributed by atoms with Gasteiger partial charge in [0, 0.05) is 19.6 Å². The summed E-state index contributed by atoms with van der Waals surface area (Å²) in [6, 6.07) is -0.548. The van der Waals surface area contributed by atoms with Gasteiger partial charge in [-0.15, -0.1) is 0 Å². The maximum absolute atomic E-state index is 11.8. The normalized spacial score (nSPS) is 12.3. The lowest BCUT2D eigenvalue weighted by atomic mass is 10.0. The van der Waals surface area contributed by atoms with Crippen LogP contribution in [0.15, 0.2) is 0 Å². The molecule has 6 nitrogen and oxygen atoms in total. The fourth-order valence-electron chi connectivity index (χ4n) is 1.50. The molecule has 0 heterocycles. The molecule has 0 aromatic heterocycles. The van der Waals surface area contributed by atoms with Gasteiger partial charge >= 0.3 is 12.0 Å². The smallest absolute Gasteiger partial charge is 0.317 e. The van der Waals surface area contributed by atoms with Crippen molar-refractivity contribution in [1.82, 2.24) is 15.5 Å². The quantitative estimate of drug-likeness (QED) is 0.561. The molecule has 0 aromatic rings. The molecule has 18 heavy (non-hydrogen) atoms. The Labute approximate surface area is 109 Å². The van der Waals surface area contributed by atoms with E-state index in [1.165, 1.54) is 0 Å². The van der Waals surface area contributed by atoms with E-state index in [2.05, 4.69) is 10.6 Å². The molecule has 0 fully saturated rings. The van der Waals surface area contributed by atoms with Crippen LogP contribution < -0.4 is 10.6 Å². The van der Waals surface area contributed by atoms with Gasteiger partial charge in [-0.05, 0) is 25.9 Å². The summed E-state index contributed by atoms with van der Waals surface area (Å²) < 4.78 is 0. The summed E-state index contributed by atoms with van der Waals surface area (Å²) in [7, 11) is 3.57. The molecular formula is C12H25N3O3. The van der Waals surface area contributed by atoms with Crippen LogP contribution in [-0.4, -0.2) is 55.2 Å². The molecule has 0 aliphatic rings. The molecule has 0 radical (unpaired) electrons. The van der Waals surface area contributed by atoms with Gasteiger partial charge in [0.2, 0.25) is 0 Å². The van der Waals surface area contributed by atoms with E-state index in [1.54, 1.807) is 11.9 Å². The highest BCUT2D eigenvalue weighted by atomic mass is 16.4. The van der Waals surface area contributed by atoms with Gasteiger partial charge in [-0.3, -0.25) is 4.79 Å². The van der Waals surface area contributed by atoms with Crippen molar-refractivity contribution in [2.45, 2.75) is 32.7 Å². The van der Waals surface area contributed by atoms with Crippen LogP contribution in [-0.2, 0) is 4.79 Å². The number of carboxylic acids is 1. The highest BCUT2D eigenvalue weighted by Gasteiger charge is 2.20. The first-order chi connectivity index (χ1) is 8.38. The Morgan fingerprint density at radius 1 is 1.33 bits per heavy atom. The van der Waals surface area contributed by atoms with Gasteiger partial charge in [-0.25, -0.2) is 4.79 Å². The number of carbonyl (C=O) groups excluding carboxylic acids is 1. The van der Waals surface area contributed by atoms with Crippen LogP contribution in [0.1, 0.15) is 26.7 Å². The van der Waals surface area contributed by atoms with E-state index in [0.29, 0.717) is 6.54 Å². The molecule has 1 unspecified atom stereocenters. The minimum Gasteiger partial charge on any atom is -0.481 e. The lowest BCUT2D eigenvalue weighted by molar-refractivity contribution is -0.137. The number of carbonyl (C=O) groups is 2. The zero-order valence-corrected chi connectivity index (χ0v) is 11.7. The second kappa shape index (κ2) is 8.74. The summed E-state index contributed by atoms with van der Waals surface area (Å²) in [5.41, 5.74) is 0. The number of rotatable bonds is 8. The van der Waals surface area contributed by atoms with E-state index in [9.17, 15) is 9.59 Å². The fourth-order valence-corrected chi connectivity index (χ4v) is 1.50. The van der Waals surface area contributed by atoms with E-state index in [0.717, 1.165) is 13.0 Å². The van der Waals surface area contributed by atoms with E-state index < -0.39 is 5.97 Å². The number of hydrogen-bond donors (Lipinski definition) is 3.